The zero-order valence-electron chi connectivity index (χ0n) is 10.1. The second-order valence-corrected chi connectivity index (χ2v) is 5.09. The highest BCUT2D eigenvalue weighted by Crippen LogP contribution is 2.12. The molecule has 1 rings (SSSR count). The van der Waals surface area contributed by atoms with Gasteiger partial charge in [0.1, 0.15) is 12.1 Å². The number of aromatic nitrogens is 3. The van der Waals surface area contributed by atoms with Crippen molar-refractivity contribution in [2.24, 2.45) is 0 Å². The van der Waals surface area contributed by atoms with Crippen molar-refractivity contribution in [1.82, 2.24) is 14.8 Å². The highest BCUT2D eigenvalue weighted by Gasteiger charge is 2.18. The molecule has 0 saturated heterocycles. The summed E-state index contributed by atoms with van der Waals surface area (Å²) in [6.45, 7) is 4.81. The van der Waals surface area contributed by atoms with Gasteiger partial charge in [-0.2, -0.15) is 4.98 Å². The number of rotatable bonds is 3. The maximum absolute atomic E-state index is 11.4. The molecule has 0 aliphatic rings. The van der Waals surface area contributed by atoms with E-state index in [4.69, 9.17) is 9.84 Å². The third-order valence-corrected chi connectivity index (χ3v) is 2.11. The summed E-state index contributed by atoms with van der Waals surface area (Å²) in [7, 11) is 0. The summed E-state index contributed by atoms with van der Waals surface area (Å²) in [4.78, 5) is 25.8. The van der Waals surface area contributed by atoms with Crippen molar-refractivity contribution in [3.05, 3.63) is 4.73 Å². The molecule has 2 N–H and O–H groups in total. The second kappa shape index (κ2) is 5.34. The predicted molar refractivity (Wildman–Crippen MR) is 65.2 cm³/mol. The maximum Gasteiger partial charge on any atom is 0.414 e. The van der Waals surface area contributed by atoms with E-state index in [9.17, 15) is 9.59 Å². The molecule has 0 spiro atoms. The maximum atomic E-state index is 11.4. The first-order valence-electron chi connectivity index (χ1n) is 4.99. The van der Waals surface area contributed by atoms with E-state index >= 15 is 0 Å². The van der Waals surface area contributed by atoms with Crippen molar-refractivity contribution in [2.75, 3.05) is 5.32 Å². The van der Waals surface area contributed by atoms with Crippen molar-refractivity contribution in [3.63, 3.8) is 0 Å². The SMILES string of the molecule is CC(C)(C)OC(=O)Nc1nc(Br)n(CC(=O)O)n1. The third-order valence-electron chi connectivity index (χ3n) is 1.52. The van der Waals surface area contributed by atoms with Crippen molar-refractivity contribution in [1.29, 1.82) is 0 Å². The Bertz CT molecular complexity index is 466. The summed E-state index contributed by atoms with van der Waals surface area (Å²) in [5, 5.41) is 14.7. The Hall–Kier alpha value is -1.64. The summed E-state index contributed by atoms with van der Waals surface area (Å²) >= 11 is 3.03. The number of ether oxygens (including phenoxy) is 1. The lowest BCUT2D eigenvalue weighted by molar-refractivity contribution is -0.137. The molecule has 1 aromatic heterocycles. The molecule has 0 bridgehead atoms. The van der Waals surface area contributed by atoms with E-state index in [1.807, 2.05) is 0 Å². The minimum atomic E-state index is -1.07. The molecule has 0 aliphatic carbocycles. The number of aliphatic carboxylic acids is 1. The minimum absolute atomic E-state index is 0.0302. The molecule has 100 valence electrons. The average Bonchev–Trinajstić information content (AvgIpc) is 2.41. The van der Waals surface area contributed by atoms with Crippen LogP contribution in [-0.2, 0) is 16.1 Å². The molecule has 0 radical (unpaired) electrons. The Balaban J connectivity index is 2.69. The molecule has 0 fully saturated rings. The van der Waals surface area contributed by atoms with Crippen LogP contribution in [-0.4, -0.2) is 37.5 Å². The van der Waals surface area contributed by atoms with E-state index in [0.717, 1.165) is 4.68 Å². The number of carboxylic acid groups (broad SMARTS) is 1. The van der Waals surface area contributed by atoms with Crippen LogP contribution in [0.15, 0.2) is 4.73 Å². The molecule has 0 unspecified atom stereocenters. The Morgan fingerprint density at radius 2 is 2.11 bits per heavy atom. The molecule has 1 aromatic rings. The van der Waals surface area contributed by atoms with Crippen LogP contribution < -0.4 is 5.32 Å². The van der Waals surface area contributed by atoms with Gasteiger partial charge in [-0.15, -0.1) is 5.10 Å². The Morgan fingerprint density at radius 3 is 2.61 bits per heavy atom. The predicted octanol–water partition coefficient (Wildman–Crippen LogP) is 1.47. The normalized spacial score (nSPS) is 11.1. The summed E-state index contributed by atoms with van der Waals surface area (Å²) in [5.74, 6) is -1.10. The monoisotopic (exact) mass is 320 g/mol. The van der Waals surface area contributed by atoms with Crippen molar-refractivity contribution < 1.29 is 19.4 Å². The lowest BCUT2D eigenvalue weighted by Gasteiger charge is -2.18. The van der Waals surface area contributed by atoms with Crippen LogP contribution in [0.5, 0.6) is 0 Å². The molecule has 18 heavy (non-hydrogen) atoms. The van der Waals surface area contributed by atoms with Crippen LogP contribution in [0.1, 0.15) is 20.8 Å². The number of amides is 1. The van der Waals surface area contributed by atoms with Crippen LogP contribution in [0.25, 0.3) is 0 Å². The first kappa shape index (κ1) is 14.4. The number of nitrogens with zero attached hydrogens (tertiary/aromatic N) is 3. The molecule has 8 nitrogen and oxygen atoms in total. The van der Waals surface area contributed by atoms with Gasteiger partial charge in [0.05, 0.1) is 0 Å². The zero-order valence-corrected chi connectivity index (χ0v) is 11.7. The number of hydrogen-bond donors (Lipinski definition) is 2. The number of nitrogens with one attached hydrogen (secondary N) is 1. The summed E-state index contributed by atoms with van der Waals surface area (Å²) in [5.41, 5.74) is -0.634. The van der Waals surface area contributed by atoms with E-state index in [1.54, 1.807) is 20.8 Å². The fourth-order valence-corrected chi connectivity index (χ4v) is 1.37. The highest BCUT2D eigenvalue weighted by molar-refractivity contribution is 9.10. The van der Waals surface area contributed by atoms with Crippen molar-refractivity contribution in [3.8, 4) is 0 Å². The van der Waals surface area contributed by atoms with Gasteiger partial charge in [-0.1, -0.05) is 0 Å². The summed E-state index contributed by atoms with van der Waals surface area (Å²) < 4.78 is 6.30. The zero-order chi connectivity index (χ0) is 13.9. The van der Waals surface area contributed by atoms with Gasteiger partial charge in [-0.25, -0.2) is 9.48 Å². The number of anilines is 1. The van der Waals surface area contributed by atoms with E-state index in [0.29, 0.717) is 0 Å². The van der Waals surface area contributed by atoms with E-state index < -0.39 is 17.7 Å². The molecule has 0 aromatic carbocycles. The first-order valence-corrected chi connectivity index (χ1v) is 5.79. The lowest BCUT2D eigenvalue weighted by atomic mass is 10.2. The molecule has 9 heteroatoms. The average molecular weight is 321 g/mol. The molecule has 1 heterocycles. The fraction of sp³-hybridized carbons (Fsp3) is 0.556. The largest absolute Gasteiger partial charge is 0.480 e. The van der Waals surface area contributed by atoms with Gasteiger partial charge in [-0.3, -0.25) is 10.1 Å². The molecule has 0 saturated carbocycles. The molecule has 0 aliphatic heterocycles. The van der Waals surface area contributed by atoms with Gasteiger partial charge in [0, 0.05) is 0 Å². The smallest absolute Gasteiger partial charge is 0.414 e. The molecular weight excluding hydrogens is 308 g/mol. The van der Waals surface area contributed by atoms with Crippen LogP contribution in [0.4, 0.5) is 10.7 Å². The quantitative estimate of drug-likeness (QED) is 0.873. The first-order chi connectivity index (χ1) is 8.17. The Labute approximate surface area is 111 Å². The molecular formula is C9H13BrN4O4. The van der Waals surface area contributed by atoms with Crippen LogP contribution in [0, 0.1) is 0 Å². The Morgan fingerprint density at radius 1 is 1.50 bits per heavy atom. The van der Waals surface area contributed by atoms with Crippen molar-refractivity contribution >= 4 is 33.9 Å². The van der Waals surface area contributed by atoms with Gasteiger partial charge < -0.3 is 9.84 Å². The Kier molecular flexibility index (Phi) is 4.28. The fourth-order valence-electron chi connectivity index (χ4n) is 1.000. The van der Waals surface area contributed by atoms with E-state index in [-0.39, 0.29) is 17.2 Å². The highest BCUT2D eigenvalue weighted by atomic mass is 79.9. The van der Waals surface area contributed by atoms with Crippen LogP contribution in [0.3, 0.4) is 0 Å². The van der Waals surface area contributed by atoms with Crippen LogP contribution >= 0.6 is 15.9 Å². The number of halogens is 1. The second-order valence-electron chi connectivity index (χ2n) is 4.38. The standard InChI is InChI=1S/C9H13BrN4O4/c1-9(2,3)18-8(17)12-7-11-6(10)14(13-7)4-5(15)16/h4H2,1-3H3,(H,15,16)(H,12,13,17). The third kappa shape index (κ3) is 4.70. The number of carbonyl (C=O) groups excluding carboxylic acids is 1. The number of carboxylic acids is 1. The minimum Gasteiger partial charge on any atom is -0.480 e. The number of carbonyl (C=O) groups is 2. The van der Waals surface area contributed by atoms with E-state index in [1.165, 1.54) is 0 Å². The topological polar surface area (TPSA) is 106 Å². The van der Waals surface area contributed by atoms with Gasteiger partial charge in [0.15, 0.2) is 4.73 Å². The molecule has 0 atom stereocenters. The lowest BCUT2D eigenvalue weighted by Crippen LogP contribution is -2.27. The molecule has 1 amide bonds. The van der Waals surface area contributed by atoms with Crippen molar-refractivity contribution in [2.45, 2.75) is 32.9 Å². The summed E-state index contributed by atoms with van der Waals surface area (Å²) in [6, 6.07) is 0. The van der Waals surface area contributed by atoms with Crippen LogP contribution in [0.2, 0.25) is 0 Å². The van der Waals surface area contributed by atoms with Gasteiger partial charge in [-0.05, 0) is 36.7 Å². The van der Waals surface area contributed by atoms with Gasteiger partial charge >= 0.3 is 12.1 Å². The number of hydrogen-bond acceptors (Lipinski definition) is 5. The van der Waals surface area contributed by atoms with Gasteiger partial charge in [0.25, 0.3) is 5.95 Å². The van der Waals surface area contributed by atoms with Gasteiger partial charge in [0.2, 0.25) is 0 Å². The summed E-state index contributed by atoms with van der Waals surface area (Å²) in [6.07, 6.45) is -0.706. The van der Waals surface area contributed by atoms with E-state index in [2.05, 4.69) is 31.3 Å².